The van der Waals surface area contributed by atoms with Crippen LogP contribution in [0.5, 0.6) is 17.2 Å². The summed E-state index contributed by atoms with van der Waals surface area (Å²) in [5, 5.41) is 2.94. The normalized spacial score (nSPS) is 16.2. The third-order valence-electron chi connectivity index (χ3n) is 4.54. The van der Waals surface area contributed by atoms with Gasteiger partial charge in [0.1, 0.15) is 17.2 Å². The number of methoxy groups -OCH3 is 1. The van der Waals surface area contributed by atoms with Gasteiger partial charge in [-0.25, -0.2) is 4.79 Å². The molecule has 0 radical (unpaired) electrons. The summed E-state index contributed by atoms with van der Waals surface area (Å²) in [6.45, 7) is 1.26. The Morgan fingerprint density at radius 2 is 1.89 bits per heavy atom. The number of hydrogen-bond acceptors (Lipinski definition) is 4. The van der Waals surface area contributed by atoms with Crippen LogP contribution in [-0.2, 0) is 0 Å². The second-order valence-electron chi connectivity index (χ2n) is 6.31. The molecule has 6 nitrogen and oxygen atoms in total. The maximum Gasteiger partial charge on any atom is 0.322 e. The number of ether oxygens (including phenoxy) is 2. The number of amides is 2. The molecule has 7 heteroatoms. The maximum absolute atomic E-state index is 12.5. The van der Waals surface area contributed by atoms with Gasteiger partial charge in [-0.05, 0) is 55.7 Å². The highest BCUT2D eigenvalue weighted by Gasteiger charge is 2.25. The molecule has 2 aromatic rings. The van der Waals surface area contributed by atoms with Gasteiger partial charge in [0.2, 0.25) is 0 Å². The fourth-order valence-corrected chi connectivity index (χ4v) is 3.12. The monoisotopic (exact) mass is 391 g/mol. The fraction of sp³-hybridized carbons (Fsp3) is 0.350. The molecule has 0 aromatic heterocycles. The van der Waals surface area contributed by atoms with Crippen molar-refractivity contribution in [1.82, 2.24) is 4.90 Å². The average molecular weight is 392 g/mol. The van der Waals surface area contributed by atoms with Gasteiger partial charge >= 0.3 is 6.03 Å². The minimum absolute atomic E-state index is 0. The lowest BCUT2D eigenvalue weighted by atomic mass is 10.0. The molecule has 2 amide bonds. The maximum atomic E-state index is 12.5. The largest absolute Gasteiger partial charge is 0.497 e. The Bertz CT molecular complexity index is 740. The Kier molecular flexibility index (Phi) is 7.76. The van der Waals surface area contributed by atoms with Crippen LogP contribution < -0.4 is 20.5 Å². The molecule has 1 heterocycles. The predicted octanol–water partition coefficient (Wildman–Crippen LogP) is 4.25. The third-order valence-corrected chi connectivity index (χ3v) is 4.54. The number of nitrogens with two attached hydrogens (primary N) is 1. The van der Waals surface area contributed by atoms with Gasteiger partial charge in [-0.1, -0.05) is 6.07 Å². The van der Waals surface area contributed by atoms with Crippen LogP contribution >= 0.6 is 12.4 Å². The highest BCUT2D eigenvalue weighted by atomic mass is 35.5. The van der Waals surface area contributed by atoms with E-state index < -0.39 is 0 Å². The van der Waals surface area contributed by atoms with Crippen molar-refractivity contribution in [2.45, 2.75) is 25.3 Å². The van der Waals surface area contributed by atoms with E-state index in [4.69, 9.17) is 15.2 Å². The van der Waals surface area contributed by atoms with Crippen LogP contribution in [0, 0.1) is 0 Å². The fourth-order valence-electron chi connectivity index (χ4n) is 3.12. The van der Waals surface area contributed by atoms with E-state index in [1.165, 1.54) is 0 Å². The molecule has 1 saturated heterocycles. The number of carbonyl (C=O) groups is 1. The van der Waals surface area contributed by atoms with E-state index in [0.717, 1.165) is 37.2 Å². The van der Waals surface area contributed by atoms with Crippen molar-refractivity contribution < 1.29 is 14.3 Å². The van der Waals surface area contributed by atoms with Gasteiger partial charge in [-0.15, -0.1) is 12.4 Å². The summed E-state index contributed by atoms with van der Waals surface area (Å²) in [4.78, 5) is 14.3. The lowest BCUT2D eigenvalue weighted by Gasteiger charge is -2.34. The molecule has 27 heavy (non-hydrogen) atoms. The van der Waals surface area contributed by atoms with Gasteiger partial charge in [-0.2, -0.15) is 0 Å². The van der Waals surface area contributed by atoms with Crippen LogP contribution in [0.3, 0.4) is 0 Å². The number of rotatable bonds is 5. The predicted molar refractivity (Wildman–Crippen MR) is 109 cm³/mol. The molecule has 2 aromatic carbocycles. The van der Waals surface area contributed by atoms with Gasteiger partial charge in [0.15, 0.2) is 0 Å². The van der Waals surface area contributed by atoms with Crippen molar-refractivity contribution in [1.29, 1.82) is 0 Å². The average Bonchev–Trinajstić information content (AvgIpc) is 2.69. The highest BCUT2D eigenvalue weighted by molar-refractivity contribution is 5.89. The molecule has 1 unspecified atom stereocenters. The van der Waals surface area contributed by atoms with Gasteiger partial charge in [0.05, 0.1) is 7.11 Å². The van der Waals surface area contributed by atoms with E-state index in [-0.39, 0.29) is 24.5 Å². The third kappa shape index (κ3) is 5.52. The SMILES string of the molecule is COc1cccc(Oc2ccc(NC(=O)N3CCCCC3CN)cc2)c1.Cl. The molecule has 1 aliphatic heterocycles. The first-order valence-corrected chi connectivity index (χ1v) is 8.89. The summed E-state index contributed by atoms with van der Waals surface area (Å²) in [5.41, 5.74) is 6.52. The lowest BCUT2D eigenvalue weighted by molar-refractivity contribution is 0.166. The van der Waals surface area contributed by atoms with E-state index in [1.807, 2.05) is 53.4 Å². The summed E-state index contributed by atoms with van der Waals surface area (Å²) in [6, 6.07) is 14.7. The number of nitrogens with one attached hydrogen (secondary N) is 1. The van der Waals surface area contributed by atoms with E-state index in [0.29, 0.717) is 18.0 Å². The molecule has 0 aliphatic carbocycles. The van der Waals surface area contributed by atoms with Gasteiger partial charge in [-0.3, -0.25) is 0 Å². The molecule has 3 rings (SSSR count). The second kappa shape index (κ2) is 10.0. The molecule has 1 fully saturated rings. The standard InChI is InChI=1S/C20H25N3O3.ClH/c1-25-18-6-4-7-19(13-18)26-17-10-8-15(9-11-17)22-20(24)23-12-3-2-5-16(23)14-21;/h4,6-11,13,16H,2-3,5,12,14,21H2,1H3,(H,22,24);1H. The van der Waals surface area contributed by atoms with E-state index in [9.17, 15) is 4.79 Å². The molecule has 3 N–H and O–H groups in total. The van der Waals surface area contributed by atoms with Crippen molar-refractivity contribution in [3.05, 3.63) is 48.5 Å². The van der Waals surface area contributed by atoms with Crippen LogP contribution in [0.2, 0.25) is 0 Å². The summed E-state index contributed by atoms with van der Waals surface area (Å²) < 4.78 is 11.0. The number of halogens is 1. The first-order valence-electron chi connectivity index (χ1n) is 8.89. The minimum atomic E-state index is -0.0957. The van der Waals surface area contributed by atoms with Gasteiger partial charge in [0, 0.05) is 30.9 Å². The Hall–Kier alpha value is -2.44. The number of piperidine rings is 1. The Balaban J connectivity index is 0.00000261. The van der Waals surface area contributed by atoms with Crippen molar-refractivity contribution in [3.63, 3.8) is 0 Å². The summed E-state index contributed by atoms with van der Waals surface area (Å²) in [5.74, 6) is 2.12. The van der Waals surface area contributed by atoms with Crippen LogP contribution in [-0.4, -0.2) is 37.2 Å². The van der Waals surface area contributed by atoms with Gasteiger partial charge in [0.25, 0.3) is 0 Å². The van der Waals surface area contributed by atoms with E-state index >= 15 is 0 Å². The lowest BCUT2D eigenvalue weighted by Crippen LogP contribution is -2.49. The highest BCUT2D eigenvalue weighted by Crippen LogP contribution is 2.26. The minimum Gasteiger partial charge on any atom is -0.497 e. The van der Waals surface area contributed by atoms with Crippen LogP contribution in [0.4, 0.5) is 10.5 Å². The number of urea groups is 1. The molecule has 0 saturated carbocycles. The van der Waals surface area contributed by atoms with Gasteiger partial charge < -0.3 is 25.4 Å². The number of nitrogens with zero attached hydrogens (tertiary/aromatic N) is 1. The first kappa shape index (κ1) is 20.9. The first-order chi connectivity index (χ1) is 12.7. The zero-order valence-electron chi connectivity index (χ0n) is 15.4. The molecular weight excluding hydrogens is 366 g/mol. The number of likely N-dealkylation sites (tertiary alicyclic amines) is 1. The van der Waals surface area contributed by atoms with Crippen molar-refractivity contribution in [3.8, 4) is 17.2 Å². The van der Waals surface area contributed by atoms with E-state index in [2.05, 4.69) is 5.32 Å². The topological polar surface area (TPSA) is 76.8 Å². The molecular formula is C20H26ClN3O3. The second-order valence-corrected chi connectivity index (χ2v) is 6.31. The van der Waals surface area contributed by atoms with Crippen molar-refractivity contribution in [2.24, 2.45) is 5.73 Å². The van der Waals surface area contributed by atoms with Crippen LogP contribution in [0.15, 0.2) is 48.5 Å². The summed E-state index contributed by atoms with van der Waals surface area (Å²) in [7, 11) is 1.62. The number of hydrogen-bond donors (Lipinski definition) is 2. The molecule has 0 spiro atoms. The molecule has 1 aliphatic rings. The van der Waals surface area contributed by atoms with Crippen molar-refractivity contribution in [2.75, 3.05) is 25.5 Å². The number of anilines is 1. The number of benzene rings is 2. The Morgan fingerprint density at radius 1 is 1.15 bits per heavy atom. The molecule has 1 atom stereocenters. The zero-order chi connectivity index (χ0) is 18.4. The number of carbonyl (C=O) groups excluding carboxylic acids is 1. The molecule has 146 valence electrons. The van der Waals surface area contributed by atoms with Crippen LogP contribution in [0.1, 0.15) is 19.3 Å². The summed E-state index contributed by atoms with van der Waals surface area (Å²) in [6.07, 6.45) is 3.12. The van der Waals surface area contributed by atoms with Crippen molar-refractivity contribution >= 4 is 24.1 Å². The summed E-state index contributed by atoms with van der Waals surface area (Å²) >= 11 is 0. The molecule has 0 bridgehead atoms. The Morgan fingerprint density at radius 3 is 2.59 bits per heavy atom. The van der Waals surface area contributed by atoms with E-state index in [1.54, 1.807) is 7.11 Å². The van der Waals surface area contributed by atoms with Crippen LogP contribution in [0.25, 0.3) is 0 Å². The Labute approximate surface area is 166 Å². The quantitative estimate of drug-likeness (QED) is 0.798. The zero-order valence-corrected chi connectivity index (χ0v) is 16.2. The smallest absolute Gasteiger partial charge is 0.322 e.